The van der Waals surface area contributed by atoms with Crippen molar-refractivity contribution in [3.63, 3.8) is 0 Å². The molecule has 2 amide bonds. The zero-order chi connectivity index (χ0) is 12.8. The van der Waals surface area contributed by atoms with E-state index < -0.39 is 11.8 Å². The highest BCUT2D eigenvalue weighted by molar-refractivity contribution is 6.35. The van der Waals surface area contributed by atoms with E-state index in [1.165, 1.54) is 0 Å². The molecule has 0 spiro atoms. The lowest BCUT2D eigenvalue weighted by Crippen LogP contribution is -2.51. The minimum Gasteiger partial charge on any atom is -0.349 e. The predicted molar refractivity (Wildman–Crippen MR) is 64.8 cm³/mol. The Hall–Kier alpha value is -1.89. The number of carbonyl (C=O) groups is 2. The minimum atomic E-state index is -0.538. The first kappa shape index (κ1) is 12.6. The molecule has 7 heteroatoms. The molecule has 1 aromatic heterocycles. The molecule has 0 unspecified atom stereocenters. The molecule has 18 heavy (non-hydrogen) atoms. The van der Waals surface area contributed by atoms with Crippen LogP contribution >= 0.6 is 0 Å². The number of H-pyrrole nitrogens is 1. The molecule has 1 aromatic rings. The van der Waals surface area contributed by atoms with Gasteiger partial charge in [0.25, 0.3) is 0 Å². The number of hydrogen-bond donors (Lipinski definition) is 3. The molecule has 0 atom stereocenters. The molecule has 7 nitrogen and oxygen atoms in total. The maximum absolute atomic E-state index is 11.8. The van der Waals surface area contributed by atoms with E-state index in [1.54, 1.807) is 17.3 Å². The van der Waals surface area contributed by atoms with Crippen molar-refractivity contribution in [1.82, 2.24) is 25.5 Å². The molecule has 3 N–H and O–H groups in total. The zero-order valence-electron chi connectivity index (χ0n) is 10.1. The molecule has 0 radical (unpaired) electrons. The molecule has 0 bridgehead atoms. The van der Waals surface area contributed by atoms with Crippen molar-refractivity contribution < 1.29 is 9.59 Å². The number of hydrogen-bond acceptors (Lipinski definition) is 4. The molecule has 1 fully saturated rings. The third-order valence-corrected chi connectivity index (χ3v) is 2.80. The average molecular weight is 251 g/mol. The molecule has 0 aliphatic carbocycles. The maximum atomic E-state index is 11.8. The first-order valence-electron chi connectivity index (χ1n) is 6.03. The second-order valence-corrected chi connectivity index (χ2v) is 4.08. The standard InChI is InChI=1S/C11H17N5O2/c17-10(11(18)16-7-5-12-6-8-16)15-2-1-9-13-3-4-14-9/h3-4,12H,1-2,5-8H2,(H,13,14)(H,15,17). The van der Waals surface area contributed by atoms with Crippen LogP contribution in [-0.2, 0) is 16.0 Å². The molecule has 1 aliphatic heterocycles. The van der Waals surface area contributed by atoms with Gasteiger partial charge in [-0.05, 0) is 0 Å². The summed E-state index contributed by atoms with van der Waals surface area (Å²) in [6, 6.07) is 0. The first-order valence-corrected chi connectivity index (χ1v) is 6.03. The Kier molecular flexibility index (Phi) is 4.30. The summed E-state index contributed by atoms with van der Waals surface area (Å²) < 4.78 is 0. The molecule has 98 valence electrons. The largest absolute Gasteiger partial charge is 0.349 e. The van der Waals surface area contributed by atoms with Crippen LogP contribution in [0.4, 0.5) is 0 Å². The molecule has 2 heterocycles. The van der Waals surface area contributed by atoms with E-state index in [2.05, 4.69) is 20.6 Å². The number of rotatable bonds is 3. The molecule has 0 aromatic carbocycles. The Bertz CT molecular complexity index is 398. The fraction of sp³-hybridized carbons (Fsp3) is 0.545. The second-order valence-electron chi connectivity index (χ2n) is 4.08. The monoisotopic (exact) mass is 251 g/mol. The van der Waals surface area contributed by atoms with Crippen LogP contribution in [0.25, 0.3) is 0 Å². The average Bonchev–Trinajstić information content (AvgIpc) is 2.92. The van der Waals surface area contributed by atoms with Crippen molar-refractivity contribution in [2.24, 2.45) is 0 Å². The maximum Gasteiger partial charge on any atom is 0.311 e. The third-order valence-electron chi connectivity index (χ3n) is 2.80. The predicted octanol–water partition coefficient (Wildman–Crippen LogP) is -1.50. The lowest BCUT2D eigenvalue weighted by atomic mass is 10.3. The van der Waals surface area contributed by atoms with Crippen molar-refractivity contribution in [2.45, 2.75) is 6.42 Å². The first-order chi connectivity index (χ1) is 8.77. The van der Waals surface area contributed by atoms with Crippen LogP contribution in [0, 0.1) is 0 Å². The van der Waals surface area contributed by atoms with Crippen molar-refractivity contribution in [3.05, 3.63) is 18.2 Å². The van der Waals surface area contributed by atoms with E-state index in [4.69, 9.17) is 0 Å². The summed E-state index contributed by atoms with van der Waals surface area (Å²) in [5.74, 6) is -0.190. The van der Waals surface area contributed by atoms with E-state index in [0.717, 1.165) is 18.9 Å². The summed E-state index contributed by atoms with van der Waals surface area (Å²) in [6.45, 7) is 3.07. The van der Waals surface area contributed by atoms with Gasteiger partial charge in [0.1, 0.15) is 5.82 Å². The number of aromatic nitrogens is 2. The lowest BCUT2D eigenvalue weighted by Gasteiger charge is -2.26. The highest BCUT2D eigenvalue weighted by atomic mass is 16.2. The summed E-state index contributed by atoms with van der Waals surface area (Å²) in [5, 5.41) is 5.74. The highest BCUT2D eigenvalue weighted by Gasteiger charge is 2.22. The van der Waals surface area contributed by atoms with E-state index in [9.17, 15) is 9.59 Å². The summed E-state index contributed by atoms with van der Waals surface area (Å²) >= 11 is 0. The van der Waals surface area contributed by atoms with Gasteiger partial charge in [0.15, 0.2) is 0 Å². The molecular formula is C11H17N5O2. The topological polar surface area (TPSA) is 90.1 Å². The summed E-state index contributed by atoms with van der Waals surface area (Å²) in [6.07, 6.45) is 3.97. The minimum absolute atomic E-state index is 0.407. The van der Waals surface area contributed by atoms with E-state index in [1.807, 2.05) is 0 Å². The van der Waals surface area contributed by atoms with E-state index in [0.29, 0.717) is 26.1 Å². The highest BCUT2D eigenvalue weighted by Crippen LogP contribution is 1.94. The van der Waals surface area contributed by atoms with Gasteiger partial charge in [0, 0.05) is 51.5 Å². The SMILES string of the molecule is O=C(NCCc1ncc[nH]1)C(=O)N1CCNCC1. The fourth-order valence-corrected chi connectivity index (χ4v) is 1.82. The number of nitrogens with zero attached hydrogens (tertiary/aromatic N) is 2. The van der Waals surface area contributed by atoms with Gasteiger partial charge in [0.05, 0.1) is 0 Å². The fourth-order valence-electron chi connectivity index (χ4n) is 1.82. The van der Waals surface area contributed by atoms with E-state index in [-0.39, 0.29) is 0 Å². The Balaban J connectivity index is 1.71. The smallest absolute Gasteiger partial charge is 0.311 e. The van der Waals surface area contributed by atoms with Gasteiger partial charge >= 0.3 is 11.8 Å². The normalized spacial score (nSPS) is 15.4. The van der Waals surface area contributed by atoms with Gasteiger partial charge in [-0.1, -0.05) is 0 Å². The van der Waals surface area contributed by atoms with Crippen LogP contribution < -0.4 is 10.6 Å². The van der Waals surface area contributed by atoms with Gasteiger partial charge in [-0.25, -0.2) is 4.98 Å². The molecule has 2 rings (SSSR count). The summed E-state index contributed by atoms with van der Waals surface area (Å²) in [7, 11) is 0. The van der Waals surface area contributed by atoms with Crippen molar-refractivity contribution in [2.75, 3.05) is 32.7 Å². The number of nitrogens with one attached hydrogen (secondary N) is 3. The number of piperazine rings is 1. The van der Waals surface area contributed by atoms with Crippen molar-refractivity contribution >= 4 is 11.8 Å². The second kappa shape index (κ2) is 6.15. The Morgan fingerprint density at radius 1 is 1.39 bits per heavy atom. The van der Waals surface area contributed by atoms with Gasteiger partial charge in [-0.2, -0.15) is 0 Å². The van der Waals surface area contributed by atoms with E-state index >= 15 is 0 Å². The van der Waals surface area contributed by atoms with Gasteiger partial charge in [-0.15, -0.1) is 0 Å². The number of amides is 2. The Morgan fingerprint density at radius 2 is 2.17 bits per heavy atom. The molecular weight excluding hydrogens is 234 g/mol. The Morgan fingerprint density at radius 3 is 2.83 bits per heavy atom. The van der Waals surface area contributed by atoms with Crippen LogP contribution in [0.2, 0.25) is 0 Å². The van der Waals surface area contributed by atoms with Crippen molar-refractivity contribution in [3.8, 4) is 0 Å². The van der Waals surface area contributed by atoms with Crippen LogP contribution in [-0.4, -0.2) is 59.4 Å². The van der Waals surface area contributed by atoms with Crippen LogP contribution in [0.5, 0.6) is 0 Å². The molecule has 1 saturated heterocycles. The van der Waals surface area contributed by atoms with Crippen molar-refractivity contribution in [1.29, 1.82) is 0 Å². The quantitative estimate of drug-likeness (QED) is 0.570. The van der Waals surface area contributed by atoms with Crippen LogP contribution in [0.15, 0.2) is 12.4 Å². The van der Waals surface area contributed by atoms with Crippen LogP contribution in [0.3, 0.4) is 0 Å². The Labute approximate surface area is 105 Å². The van der Waals surface area contributed by atoms with Gasteiger partial charge < -0.3 is 20.5 Å². The number of carbonyl (C=O) groups excluding carboxylic acids is 2. The molecule has 0 saturated carbocycles. The van der Waals surface area contributed by atoms with Gasteiger partial charge in [0.2, 0.25) is 0 Å². The number of aromatic amines is 1. The summed E-state index contributed by atoms with van der Waals surface area (Å²) in [5.41, 5.74) is 0. The number of imidazole rings is 1. The third kappa shape index (κ3) is 3.30. The molecule has 1 aliphatic rings. The zero-order valence-corrected chi connectivity index (χ0v) is 10.1. The lowest BCUT2D eigenvalue weighted by molar-refractivity contribution is -0.146. The van der Waals surface area contributed by atoms with Gasteiger partial charge in [-0.3, -0.25) is 9.59 Å². The van der Waals surface area contributed by atoms with Crippen LogP contribution in [0.1, 0.15) is 5.82 Å². The summed E-state index contributed by atoms with van der Waals surface area (Å²) in [4.78, 5) is 31.9.